The third kappa shape index (κ3) is 27.7. The number of nitrogens with zero attached hydrogens (tertiary/aromatic N) is 13. The van der Waals surface area contributed by atoms with Crippen LogP contribution in [0.3, 0.4) is 0 Å². The molecule has 0 aliphatic heterocycles. The number of rotatable bonds is 30. The Kier molecular flexibility index (Phi) is 34.7. The van der Waals surface area contributed by atoms with Gasteiger partial charge in [-0.15, -0.1) is 45.3 Å². The molecular formula is C95H95Cl4N25O16S8. The number of hydrogen-bond acceptors (Lipinski definition) is 33. The summed E-state index contributed by atoms with van der Waals surface area (Å²) >= 11 is 26.4. The molecule has 2 aliphatic rings. The van der Waals surface area contributed by atoms with Crippen molar-refractivity contribution in [3.63, 3.8) is 0 Å². The molecule has 2 aliphatic carbocycles. The van der Waals surface area contributed by atoms with Crippen molar-refractivity contribution in [2.24, 2.45) is 11.8 Å². The molecule has 0 bridgehead atoms. The molecule has 12 N–H and O–H groups in total. The molecule has 148 heavy (non-hydrogen) atoms. The number of carbonyl (C=O) groups excluding carboxylic acids is 4. The van der Waals surface area contributed by atoms with Crippen LogP contribution in [-0.4, -0.2) is 168 Å². The Morgan fingerprint density at radius 3 is 0.865 bits per heavy atom. The number of urea groups is 4. The lowest BCUT2D eigenvalue weighted by molar-refractivity contribution is 0.255. The minimum absolute atomic E-state index is 0.0814. The van der Waals surface area contributed by atoms with E-state index in [9.17, 15) is 72.0 Å². The molecule has 8 amide bonds. The van der Waals surface area contributed by atoms with Gasteiger partial charge in [0.2, 0.25) is 0 Å². The number of hydrogen-bond donors (Lipinski definition) is 12. The van der Waals surface area contributed by atoms with E-state index >= 15 is 0 Å². The molecule has 18 rings (SSSR count). The fourth-order valence-corrected chi connectivity index (χ4v) is 24.9. The van der Waals surface area contributed by atoms with Crippen molar-refractivity contribution in [1.29, 1.82) is 0 Å². The number of carbonyl (C=O) groups is 4. The van der Waals surface area contributed by atoms with Crippen LogP contribution in [0.25, 0.3) is 66.9 Å². The number of amides is 8. The second-order valence-electron chi connectivity index (χ2n) is 33.9. The van der Waals surface area contributed by atoms with E-state index in [4.69, 9.17) is 46.4 Å². The molecule has 16 aromatic rings. The van der Waals surface area contributed by atoms with Crippen molar-refractivity contribution in [2.45, 2.75) is 109 Å². The molecule has 772 valence electrons. The van der Waals surface area contributed by atoms with Crippen LogP contribution < -0.4 is 83.7 Å². The lowest BCUT2D eigenvalue weighted by atomic mass is 9.87. The van der Waals surface area contributed by atoms with Crippen molar-refractivity contribution in [3.05, 3.63) is 277 Å². The standard InChI is InChI=1S/C27H29ClN6O4S2.C23H24ClN7O4S2.C23H21ClN6O4S2.C22H21ClN6O4S2/c1-17-31-22-15-19(29-14-13-18-5-3-2-4-6-18)7-9-21(22)26(35)34(17)24-11-8-20(16-30-24)32-27(36)33-40(37,38)25-12-10-23(28)39-25;1-14-27-18-12-15(25-10-11-30(2)3)4-6-17(18)22(32)31(14)20-8-5-16(13-26-20)28-23(33)29-37(34,35)21-9-7-19(24)36-21;1-13-27-18-10-15(25-11-14-2-3-14)4-6-17(18)22(31)30(13)20-8-5-16(12-26-20)28-23(32)29-36(33,34)21-9-7-19(24)35-21;1-3-10-24-14-4-6-16-17(11-14)26-13(2)29(21(16)30)19-8-5-15(12-25-19)27-22(31)28-35(32,33)20-9-7-18(23)34-20/h7-12,15-16,18,29H,2-6,13-14H2,1H3,(H2,32,33,36);4-9,12-13,25H,10-11H2,1-3H3,(H2,28,29,33);4-10,12,14,25H,2-3,11H2,1H3,(H2,28,29,32);4-9,11-12,24H,3,10H2,1-2H3,(H2,27,28,31). The molecule has 4 aromatic carbocycles. The monoisotopic (exact) mass is 2240 g/mol. The summed E-state index contributed by atoms with van der Waals surface area (Å²) in [5.41, 5.74) is 5.81. The van der Waals surface area contributed by atoms with E-state index in [0.717, 1.165) is 125 Å². The number of likely N-dealkylation sites (N-methyl/N-ethyl adjacent to an activating group) is 1. The molecule has 0 atom stereocenters. The summed E-state index contributed by atoms with van der Waals surface area (Å²) in [6.07, 6.45) is 16.5. The fraction of sp³-hybridized carbons (Fsp3) is 0.242. The van der Waals surface area contributed by atoms with E-state index < -0.39 is 64.2 Å². The number of benzene rings is 4. The van der Waals surface area contributed by atoms with Crippen LogP contribution in [0.5, 0.6) is 0 Å². The van der Waals surface area contributed by atoms with Gasteiger partial charge >= 0.3 is 24.1 Å². The highest BCUT2D eigenvalue weighted by Crippen LogP contribution is 2.34. The van der Waals surface area contributed by atoms with E-state index in [2.05, 4.69) is 94.2 Å². The zero-order valence-corrected chi connectivity index (χ0v) is 89.2. The van der Waals surface area contributed by atoms with Gasteiger partial charge in [0.25, 0.3) is 62.3 Å². The number of fused-ring (bicyclic) bond motifs is 4. The third-order valence-electron chi connectivity index (χ3n) is 22.6. The maximum absolute atomic E-state index is 13.3. The van der Waals surface area contributed by atoms with Crippen molar-refractivity contribution in [1.82, 2.24) is 81.9 Å². The van der Waals surface area contributed by atoms with Crippen LogP contribution in [0.15, 0.2) is 231 Å². The molecule has 53 heteroatoms. The summed E-state index contributed by atoms with van der Waals surface area (Å²) in [4.78, 5) is 139. The summed E-state index contributed by atoms with van der Waals surface area (Å²) in [7, 11) is -12.3. The summed E-state index contributed by atoms with van der Waals surface area (Å²) in [5, 5.41) is 24.9. The Labute approximate surface area is 883 Å². The number of halogens is 4. The summed E-state index contributed by atoms with van der Waals surface area (Å²) in [6, 6.07) is 41.1. The Morgan fingerprint density at radius 1 is 0.345 bits per heavy atom. The molecule has 41 nitrogen and oxygen atoms in total. The summed E-state index contributed by atoms with van der Waals surface area (Å²) < 4.78 is 112. The second-order valence-corrected chi connectivity index (χ2v) is 48.4. The van der Waals surface area contributed by atoms with Gasteiger partial charge in [-0.1, -0.05) is 85.4 Å². The van der Waals surface area contributed by atoms with Gasteiger partial charge in [-0.05, 0) is 249 Å². The molecular weight excluding hydrogens is 2150 g/mol. The van der Waals surface area contributed by atoms with Gasteiger partial charge in [-0.25, -0.2) is 130 Å². The first-order valence-corrected chi connectivity index (χ1v) is 56.3. The predicted molar refractivity (Wildman–Crippen MR) is 581 cm³/mol. The first-order chi connectivity index (χ1) is 70.6. The third-order valence-corrected chi connectivity index (χ3v) is 34.8. The Hall–Kier alpha value is -14.0. The van der Waals surface area contributed by atoms with Gasteiger partial charge in [-0.3, -0.25) is 19.2 Å². The predicted octanol–water partition coefficient (Wildman–Crippen LogP) is 17.3. The molecule has 0 radical (unpaired) electrons. The molecule has 0 saturated heterocycles. The van der Waals surface area contributed by atoms with E-state index in [1.807, 2.05) is 81.5 Å². The second kappa shape index (κ2) is 47.5. The van der Waals surface area contributed by atoms with Crippen molar-refractivity contribution >= 4 is 245 Å². The number of thiophene rings is 4. The highest BCUT2D eigenvalue weighted by atomic mass is 35.5. The Balaban J connectivity index is 0.000000148. The van der Waals surface area contributed by atoms with E-state index in [-0.39, 0.29) is 79.2 Å². The van der Waals surface area contributed by atoms with Crippen LogP contribution in [0.1, 0.15) is 88.0 Å². The van der Waals surface area contributed by atoms with Crippen molar-refractivity contribution in [2.75, 3.05) is 89.4 Å². The maximum Gasteiger partial charge on any atom is 0.333 e. The fourth-order valence-electron chi connectivity index (χ4n) is 15.3. The molecule has 0 unspecified atom stereocenters. The average molecular weight is 2240 g/mol. The highest BCUT2D eigenvalue weighted by molar-refractivity contribution is 7.93. The Morgan fingerprint density at radius 2 is 0.615 bits per heavy atom. The van der Waals surface area contributed by atoms with Gasteiger partial charge in [0, 0.05) is 55.5 Å². The number of sulfonamides is 4. The molecule has 0 spiro atoms. The lowest BCUT2D eigenvalue weighted by Crippen LogP contribution is -2.34. The van der Waals surface area contributed by atoms with Crippen molar-refractivity contribution in [3.8, 4) is 23.3 Å². The number of anilines is 8. The van der Waals surface area contributed by atoms with Gasteiger partial charge in [-0.2, -0.15) is 0 Å². The first kappa shape index (κ1) is 108. The lowest BCUT2D eigenvalue weighted by Gasteiger charge is -2.21. The molecule has 12 heterocycles. The smallest absolute Gasteiger partial charge is 0.333 e. The largest absolute Gasteiger partial charge is 0.385 e. The number of nitrogens with one attached hydrogen (secondary N) is 12. The normalized spacial score (nSPS) is 12.7. The quantitative estimate of drug-likeness (QED) is 0.0199. The molecule has 2 fully saturated rings. The Bertz CT molecular complexity index is 8460. The number of aryl methyl sites for hydroxylation is 4. The minimum atomic E-state index is -4.06. The SMILES string of the molecule is CCCNc1ccc2c(=O)n(-c3ccc(NC(=O)NS(=O)(=O)c4ccc(Cl)s4)cn3)c(C)nc2c1.Cc1nc2cc(NCC3CC3)ccc2c(=O)n1-c1ccc(NC(=O)NS(=O)(=O)c2ccc(Cl)s2)cn1.Cc1nc2cc(NCCC3CCCCC3)ccc2c(=O)n1-c1ccc(NC(=O)NS(=O)(=O)c2ccc(Cl)s2)cn1.Cc1nc2cc(NCCN(C)C)ccc2c(=O)n1-c1ccc(NC(=O)NS(=O)(=O)c2ccc(Cl)s2)cn1. The van der Waals surface area contributed by atoms with E-state index in [0.29, 0.717) is 90.2 Å². The number of pyridine rings is 4. The topological polar surface area (TPSA) is 544 Å². The van der Waals surface area contributed by atoms with Crippen molar-refractivity contribution < 1.29 is 52.8 Å². The van der Waals surface area contributed by atoms with Crippen LogP contribution >= 0.6 is 91.8 Å². The zero-order chi connectivity index (χ0) is 106. The van der Waals surface area contributed by atoms with Gasteiger partial charge in [0.05, 0.1) is 108 Å². The highest BCUT2D eigenvalue weighted by Gasteiger charge is 2.28. The zero-order valence-electron chi connectivity index (χ0n) is 79.7. The maximum atomic E-state index is 13.3. The van der Waals surface area contributed by atoms with E-state index in [1.165, 1.54) is 179 Å². The van der Waals surface area contributed by atoms with Gasteiger partial charge in [0.1, 0.15) is 63.4 Å². The molecule has 12 aromatic heterocycles. The number of aromatic nitrogens is 12. The van der Waals surface area contributed by atoms with Crippen LogP contribution in [0.4, 0.5) is 64.7 Å². The summed E-state index contributed by atoms with van der Waals surface area (Å²) in [6.45, 7) is 13.2. The average Bonchev–Trinajstić information content (AvgIpc) is 1.43. The van der Waals surface area contributed by atoms with Crippen LogP contribution in [-0.2, 0) is 40.1 Å². The first-order valence-electron chi connectivity index (χ1n) is 45.6. The molecule has 2 saturated carbocycles. The van der Waals surface area contributed by atoms with Gasteiger partial charge in [0.15, 0.2) is 0 Å². The summed E-state index contributed by atoms with van der Waals surface area (Å²) in [5.74, 6) is 4.56. The minimum Gasteiger partial charge on any atom is -0.385 e. The van der Waals surface area contributed by atoms with E-state index in [1.54, 1.807) is 58.0 Å². The van der Waals surface area contributed by atoms with Crippen LogP contribution in [0.2, 0.25) is 17.3 Å². The van der Waals surface area contributed by atoms with Gasteiger partial charge < -0.3 is 47.4 Å². The van der Waals surface area contributed by atoms with Crippen LogP contribution in [0, 0.1) is 39.5 Å².